The van der Waals surface area contributed by atoms with Crippen molar-refractivity contribution in [1.82, 2.24) is 0 Å². The van der Waals surface area contributed by atoms with E-state index in [9.17, 15) is 0 Å². The molecule has 0 amide bonds. The zero-order valence-electron chi connectivity index (χ0n) is 4.71. The van der Waals surface area contributed by atoms with Crippen LogP contribution in [0.25, 0.3) is 0 Å². The maximum absolute atomic E-state index is 3.34. The maximum atomic E-state index is 3.34. The fourth-order valence-corrected chi connectivity index (χ4v) is 1.70. The van der Waals surface area contributed by atoms with Gasteiger partial charge in [0.05, 0.1) is 0 Å². The summed E-state index contributed by atoms with van der Waals surface area (Å²) in [7, 11) is 0. The van der Waals surface area contributed by atoms with Crippen LogP contribution in [0.15, 0.2) is 11.6 Å². The molecule has 0 aliphatic heterocycles. The monoisotopic (exact) mass is 304 g/mol. The summed E-state index contributed by atoms with van der Waals surface area (Å²) < 4.78 is -0.203. The summed E-state index contributed by atoms with van der Waals surface area (Å²) in [4.78, 5) is 0. The highest BCUT2D eigenvalue weighted by Crippen LogP contribution is 2.35. The van der Waals surface area contributed by atoms with E-state index in [-0.39, 0.29) is 2.14 Å². The van der Waals surface area contributed by atoms with Gasteiger partial charge in [-0.1, -0.05) is 53.4 Å². The molecule has 0 spiro atoms. The summed E-state index contributed by atoms with van der Waals surface area (Å²) in [6.45, 7) is 4.08. The number of alkyl halides is 3. The number of halogens is 3. The third-order valence-corrected chi connectivity index (χ3v) is 1.14. The molecule has 0 N–H and O–H groups in total. The van der Waals surface area contributed by atoms with Crippen LogP contribution >= 0.6 is 47.8 Å². The number of allylic oxidation sites excluding steroid dienone is 2. The molecular formula is C5H7Br3. The third kappa shape index (κ3) is 7.18. The van der Waals surface area contributed by atoms with Gasteiger partial charge in [-0.2, -0.15) is 0 Å². The van der Waals surface area contributed by atoms with Gasteiger partial charge in [-0.25, -0.2) is 0 Å². The predicted octanol–water partition coefficient (Wildman–Crippen LogP) is 3.79. The van der Waals surface area contributed by atoms with Crippen molar-refractivity contribution in [3.8, 4) is 0 Å². The van der Waals surface area contributed by atoms with Gasteiger partial charge in [0.15, 0.2) is 2.14 Å². The van der Waals surface area contributed by atoms with Gasteiger partial charge in [0.2, 0.25) is 0 Å². The van der Waals surface area contributed by atoms with Crippen LogP contribution in [0.3, 0.4) is 0 Å². The van der Waals surface area contributed by atoms with Gasteiger partial charge in [0, 0.05) is 0 Å². The second-order valence-electron chi connectivity index (χ2n) is 1.76. The first kappa shape index (κ1) is 9.18. The molecule has 0 nitrogen and oxygen atoms in total. The highest BCUT2D eigenvalue weighted by atomic mass is 80.0. The average molecular weight is 307 g/mol. The summed E-state index contributed by atoms with van der Waals surface area (Å²) >= 11 is 10.0. The Hall–Kier alpha value is 1.18. The third-order valence-electron chi connectivity index (χ3n) is 0.452. The molecule has 0 aromatic heterocycles. The SMILES string of the molecule is CC(C)=CC(Br)(Br)Br. The zero-order valence-corrected chi connectivity index (χ0v) is 9.47. The Kier molecular flexibility index (Phi) is 3.87. The van der Waals surface area contributed by atoms with E-state index in [2.05, 4.69) is 47.8 Å². The fraction of sp³-hybridized carbons (Fsp3) is 0.600. The molecule has 3 heteroatoms. The fourth-order valence-electron chi connectivity index (χ4n) is 0.327. The Bertz CT molecular complexity index is 94.7. The van der Waals surface area contributed by atoms with Crippen LogP contribution in [0.5, 0.6) is 0 Å². The molecule has 0 atom stereocenters. The smallest absolute Gasteiger partial charge is 0.0773 e. The van der Waals surface area contributed by atoms with Crippen LogP contribution in [0.2, 0.25) is 0 Å². The quantitative estimate of drug-likeness (QED) is 0.472. The highest BCUT2D eigenvalue weighted by Gasteiger charge is 2.11. The Morgan fingerprint density at radius 3 is 1.62 bits per heavy atom. The van der Waals surface area contributed by atoms with E-state index in [0.717, 1.165) is 0 Å². The molecule has 0 saturated carbocycles. The number of rotatable bonds is 0. The van der Waals surface area contributed by atoms with Crippen molar-refractivity contribution in [2.24, 2.45) is 0 Å². The number of hydrogen-bond acceptors (Lipinski definition) is 0. The van der Waals surface area contributed by atoms with Crippen LogP contribution in [0.1, 0.15) is 13.8 Å². The zero-order chi connectivity index (χ0) is 6.78. The number of hydrogen-bond donors (Lipinski definition) is 0. The molecule has 0 rings (SSSR count). The molecule has 0 heterocycles. The molecule has 0 aliphatic rings. The standard InChI is InChI=1S/C5H7Br3/c1-4(2)3-5(6,7)8/h3H,1-2H3. The molecule has 0 aromatic carbocycles. The van der Waals surface area contributed by atoms with E-state index in [1.165, 1.54) is 5.57 Å². The Morgan fingerprint density at radius 2 is 1.62 bits per heavy atom. The molecule has 0 aliphatic carbocycles. The molecule has 0 bridgehead atoms. The van der Waals surface area contributed by atoms with Gasteiger partial charge in [-0.15, -0.1) is 0 Å². The van der Waals surface area contributed by atoms with Crippen LogP contribution in [-0.2, 0) is 0 Å². The van der Waals surface area contributed by atoms with Crippen molar-refractivity contribution in [2.75, 3.05) is 0 Å². The first-order chi connectivity index (χ1) is 3.42. The molecule has 48 valence electrons. The summed E-state index contributed by atoms with van der Waals surface area (Å²) in [5.74, 6) is 0. The van der Waals surface area contributed by atoms with Crippen LogP contribution in [0.4, 0.5) is 0 Å². The van der Waals surface area contributed by atoms with E-state index in [4.69, 9.17) is 0 Å². The van der Waals surface area contributed by atoms with Gasteiger partial charge >= 0.3 is 0 Å². The van der Waals surface area contributed by atoms with Crippen molar-refractivity contribution >= 4 is 47.8 Å². The molecular weight excluding hydrogens is 300 g/mol. The topological polar surface area (TPSA) is 0 Å². The predicted molar refractivity (Wildman–Crippen MR) is 48.9 cm³/mol. The van der Waals surface area contributed by atoms with Crippen molar-refractivity contribution in [2.45, 2.75) is 16.0 Å². The second kappa shape index (κ2) is 3.37. The lowest BCUT2D eigenvalue weighted by Gasteiger charge is -2.04. The lowest BCUT2D eigenvalue weighted by molar-refractivity contribution is 1.35. The molecule has 0 radical (unpaired) electrons. The molecule has 8 heavy (non-hydrogen) atoms. The van der Waals surface area contributed by atoms with E-state index in [1.807, 2.05) is 19.9 Å². The largest absolute Gasteiger partial charge is 0.153 e. The first-order valence-corrected chi connectivity index (χ1v) is 4.52. The van der Waals surface area contributed by atoms with Crippen molar-refractivity contribution in [3.63, 3.8) is 0 Å². The summed E-state index contributed by atoms with van der Waals surface area (Å²) in [6.07, 6.45) is 2.02. The molecule has 0 aromatic rings. The maximum Gasteiger partial charge on any atom is 0.153 e. The average Bonchev–Trinajstić information content (AvgIpc) is 1.21. The van der Waals surface area contributed by atoms with Gasteiger partial charge < -0.3 is 0 Å². The molecule has 0 unspecified atom stereocenters. The Morgan fingerprint density at radius 1 is 1.25 bits per heavy atom. The van der Waals surface area contributed by atoms with Crippen molar-refractivity contribution in [3.05, 3.63) is 11.6 Å². The summed E-state index contributed by atoms with van der Waals surface area (Å²) in [5, 5.41) is 0. The minimum atomic E-state index is -0.203. The van der Waals surface area contributed by atoms with E-state index in [0.29, 0.717) is 0 Å². The summed E-state index contributed by atoms with van der Waals surface area (Å²) in [5.41, 5.74) is 1.26. The molecule has 0 fully saturated rings. The van der Waals surface area contributed by atoms with E-state index < -0.39 is 0 Å². The van der Waals surface area contributed by atoms with E-state index in [1.54, 1.807) is 0 Å². The van der Waals surface area contributed by atoms with Gasteiger partial charge in [0.25, 0.3) is 0 Å². The van der Waals surface area contributed by atoms with Crippen LogP contribution < -0.4 is 0 Å². The van der Waals surface area contributed by atoms with Gasteiger partial charge in [0.1, 0.15) is 0 Å². The van der Waals surface area contributed by atoms with E-state index >= 15 is 0 Å². The highest BCUT2D eigenvalue weighted by molar-refractivity contribution is 9.39. The Balaban J connectivity index is 3.89. The van der Waals surface area contributed by atoms with Crippen LogP contribution in [0, 0.1) is 0 Å². The second-order valence-corrected chi connectivity index (χ2v) is 8.71. The van der Waals surface area contributed by atoms with Crippen molar-refractivity contribution in [1.29, 1.82) is 0 Å². The van der Waals surface area contributed by atoms with Crippen molar-refractivity contribution < 1.29 is 0 Å². The lowest BCUT2D eigenvalue weighted by atomic mass is 10.3. The van der Waals surface area contributed by atoms with Gasteiger partial charge in [-0.3, -0.25) is 0 Å². The first-order valence-electron chi connectivity index (χ1n) is 2.14. The van der Waals surface area contributed by atoms with Gasteiger partial charge in [-0.05, 0) is 19.9 Å². The summed E-state index contributed by atoms with van der Waals surface area (Å²) in [6, 6.07) is 0. The van der Waals surface area contributed by atoms with Crippen LogP contribution in [-0.4, -0.2) is 2.14 Å². The minimum Gasteiger partial charge on any atom is -0.0773 e. The minimum absolute atomic E-state index is 0.203. The Labute approximate surface area is 75.1 Å². The molecule has 0 saturated heterocycles. The lowest BCUT2D eigenvalue weighted by Crippen LogP contribution is -1.91. The normalized spacial score (nSPS) is 11.1.